The number of carbonyl (C=O) groups excluding carboxylic acids is 2. The summed E-state index contributed by atoms with van der Waals surface area (Å²) in [6.07, 6.45) is 0. The molecule has 0 aliphatic carbocycles. The van der Waals surface area contributed by atoms with Crippen LogP contribution >= 0.6 is 0 Å². The van der Waals surface area contributed by atoms with Crippen LogP contribution in [0.4, 0.5) is 0 Å². The summed E-state index contributed by atoms with van der Waals surface area (Å²) in [7, 11) is 0. The molecule has 0 atom stereocenters. The first-order valence-corrected chi connectivity index (χ1v) is 9.30. The van der Waals surface area contributed by atoms with E-state index in [-0.39, 0.29) is 24.5 Å². The molecule has 0 fully saturated rings. The number of carbonyl (C=O) groups is 2. The highest BCUT2D eigenvalue weighted by Crippen LogP contribution is 2.26. The summed E-state index contributed by atoms with van der Waals surface area (Å²) in [6, 6.07) is 21.1. The minimum atomic E-state index is -0.242. The molecule has 3 aromatic rings. The lowest BCUT2D eigenvalue weighted by molar-refractivity contribution is -0.123. The third kappa shape index (κ3) is 5.10. The fourth-order valence-corrected chi connectivity index (χ4v) is 2.90. The summed E-state index contributed by atoms with van der Waals surface area (Å²) in [5.41, 5.74) is 1.42. The molecule has 0 saturated heterocycles. The van der Waals surface area contributed by atoms with Crippen LogP contribution in [0.25, 0.3) is 10.8 Å². The van der Waals surface area contributed by atoms with Gasteiger partial charge in [0.05, 0.1) is 5.56 Å². The Kier molecular flexibility index (Phi) is 6.27. The Balaban J connectivity index is 1.81. The van der Waals surface area contributed by atoms with Gasteiger partial charge in [-0.1, -0.05) is 54.6 Å². The van der Waals surface area contributed by atoms with Gasteiger partial charge in [-0.2, -0.15) is 0 Å². The Morgan fingerprint density at radius 2 is 1.57 bits per heavy atom. The van der Waals surface area contributed by atoms with Crippen molar-refractivity contribution in [3.8, 4) is 5.75 Å². The van der Waals surface area contributed by atoms with Crippen molar-refractivity contribution in [2.75, 3.05) is 6.61 Å². The van der Waals surface area contributed by atoms with Gasteiger partial charge in [-0.15, -0.1) is 0 Å². The minimum absolute atomic E-state index is 0.0290. The summed E-state index contributed by atoms with van der Waals surface area (Å²) in [5, 5.41) is 7.58. The number of hydrogen-bond acceptors (Lipinski definition) is 3. The van der Waals surface area contributed by atoms with Gasteiger partial charge >= 0.3 is 0 Å². The van der Waals surface area contributed by atoms with Crippen LogP contribution < -0.4 is 15.4 Å². The lowest BCUT2D eigenvalue weighted by Crippen LogP contribution is -2.34. The third-order valence-corrected chi connectivity index (χ3v) is 4.20. The van der Waals surface area contributed by atoms with E-state index in [1.54, 1.807) is 12.1 Å². The molecule has 0 spiro atoms. The number of ether oxygens (including phenoxy) is 1. The Morgan fingerprint density at radius 1 is 0.929 bits per heavy atom. The first kappa shape index (κ1) is 19.4. The van der Waals surface area contributed by atoms with Crippen molar-refractivity contribution in [1.29, 1.82) is 0 Å². The van der Waals surface area contributed by atoms with Crippen molar-refractivity contribution in [2.45, 2.75) is 26.4 Å². The van der Waals surface area contributed by atoms with E-state index in [0.717, 1.165) is 16.3 Å². The highest BCUT2D eigenvalue weighted by Gasteiger charge is 2.15. The SMILES string of the molecule is CC(C)NC(=O)COc1cc2ccccc2cc1C(=O)NCc1ccccc1. The molecule has 0 saturated carbocycles. The van der Waals surface area contributed by atoms with E-state index >= 15 is 0 Å². The first-order chi connectivity index (χ1) is 13.5. The molecule has 3 rings (SSSR count). The summed E-state index contributed by atoms with van der Waals surface area (Å²) < 4.78 is 5.71. The number of amides is 2. The lowest BCUT2D eigenvalue weighted by atomic mass is 10.1. The second-order valence-corrected chi connectivity index (χ2v) is 6.87. The van der Waals surface area contributed by atoms with Crippen molar-refractivity contribution >= 4 is 22.6 Å². The van der Waals surface area contributed by atoms with Crippen LogP contribution in [0.3, 0.4) is 0 Å². The Morgan fingerprint density at radius 3 is 2.25 bits per heavy atom. The zero-order valence-electron chi connectivity index (χ0n) is 16.1. The zero-order valence-corrected chi connectivity index (χ0v) is 16.1. The van der Waals surface area contributed by atoms with Gasteiger partial charge in [0.15, 0.2) is 6.61 Å². The third-order valence-electron chi connectivity index (χ3n) is 4.20. The fraction of sp³-hybridized carbons (Fsp3) is 0.217. The highest BCUT2D eigenvalue weighted by molar-refractivity contribution is 6.01. The Bertz CT molecular complexity index is 968. The topological polar surface area (TPSA) is 67.4 Å². The molecule has 2 amide bonds. The second-order valence-electron chi connectivity index (χ2n) is 6.87. The molecule has 0 heterocycles. The first-order valence-electron chi connectivity index (χ1n) is 9.30. The van der Waals surface area contributed by atoms with Crippen molar-refractivity contribution in [3.63, 3.8) is 0 Å². The Labute approximate surface area is 164 Å². The van der Waals surface area contributed by atoms with Crippen LogP contribution in [0.1, 0.15) is 29.8 Å². The number of fused-ring (bicyclic) bond motifs is 1. The van der Waals surface area contributed by atoms with E-state index < -0.39 is 0 Å². The summed E-state index contributed by atoms with van der Waals surface area (Å²) >= 11 is 0. The molecule has 0 bridgehead atoms. The van der Waals surface area contributed by atoms with E-state index in [0.29, 0.717) is 17.9 Å². The van der Waals surface area contributed by atoms with Gasteiger partial charge in [0, 0.05) is 12.6 Å². The maximum absolute atomic E-state index is 12.8. The number of hydrogen-bond donors (Lipinski definition) is 2. The largest absolute Gasteiger partial charge is 0.483 e. The van der Waals surface area contributed by atoms with Gasteiger partial charge in [0.1, 0.15) is 5.75 Å². The van der Waals surface area contributed by atoms with Crippen LogP contribution in [0.5, 0.6) is 5.75 Å². The Hall–Kier alpha value is -3.34. The van der Waals surface area contributed by atoms with Crippen LogP contribution in [0.2, 0.25) is 0 Å². The minimum Gasteiger partial charge on any atom is -0.483 e. The maximum Gasteiger partial charge on any atom is 0.258 e. The molecule has 0 aromatic heterocycles. The van der Waals surface area contributed by atoms with E-state index in [1.807, 2.05) is 68.4 Å². The quantitative estimate of drug-likeness (QED) is 0.661. The fourth-order valence-electron chi connectivity index (χ4n) is 2.90. The monoisotopic (exact) mass is 376 g/mol. The van der Waals surface area contributed by atoms with Gasteiger partial charge in [-0.05, 0) is 42.3 Å². The molecule has 5 heteroatoms. The van der Waals surface area contributed by atoms with Crippen LogP contribution in [-0.2, 0) is 11.3 Å². The smallest absolute Gasteiger partial charge is 0.258 e. The normalized spacial score (nSPS) is 10.7. The summed E-state index contributed by atoms with van der Waals surface area (Å²) in [5.74, 6) is -0.0733. The molecule has 3 aromatic carbocycles. The summed E-state index contributed by atoms with van der Waals surface area (Å²) in [4.78, 5) is 24.8. The highest BCUT2D eigenvalue weighted by atomic mass is 16.5. The van der Waals surface area contributed by atoms with Gasteiger partial charge < -0.3 is 15.4 Å². The second kappa shape index (κ2) is 9.04. The molecule has 144 valence electrons. The standard InChI is InChI=1S/C23H24N2O3/c1-16(2)25-22(26)15-28-21-13-19-11-7-6-10-18(19)12-20(21)23(27)24-14-17-8-4-3-5-9-17/h3-13,16H,14-15H2,1-2H3,(H,24,27)(H,25,26). The number of nitrogens with one attached hydrogen (secondary N) is 2. The molecule has 0 unspecified atom stereocenters. The van der Waals surface area contributed by atoms with E-state index in [4.69, 9.17) is 4.74 Å². The predicted octanol–water partition coefficient (Wildman–Crippen LogP) is 3.67. The molecule has 28 heavy (non-hydrogen) atoms. The average Bonchev–Trinajstić information content (AvgIpc) is 2.70. The van der Waals surface area contributed by atoms with Gasteiger partial charge in [0.25, 0.3) is 11.8 Å². The zero-order chi connectivity index (χ0) is 19.9. The molecule has 2 N–H and O–H groups in total. The van der Waals surface area contributed by atoms with Gasteiger partial charge in [-0.3, -0.25) is 9.59 Å². The number of rotatable bonds is 7. The molecular weight excluding hydrogens is 352 g/mol. The maximum atomic E-state index is 12.8. The number of benzene rings is 3. The molecule has 5 nitrogen and oxygen atoms in total. The van der Waals surface area contributed by atoms with Crippen molar-refractivity contribution in [1.82, 2.24) is 10.6 Å². The van der Waals surface area contributed by atoms with E-state index in [9.17, 15) is 9.59 Å². The van der Waals surface area contributed by atoms with Crippen LogP contribution in [0, 0.1) is 0 Å². The molecule has 0 aliphatic rings. The summed E-state index contributed by atoms with van der Waals surface area (Å²) in [6.45, 7) is 4.04. The van der Waals surface area contributed by atoms with Gasteiger partial charge in [0.2, 0.25) is 0 Å². The van der Waals surface area contributed by atoms with Crippen molar-refractivity contribution in [3.05, 3.63) is 77.9 Å². The van der Waals surface area contributed by atoms with Crippen molar-refractivity contribution in [2.24, 2.45) is 0 Å². The molecule has 0 aliphatic heterocycles. The lowest BCUT2D eigenvalue weighted by Gasteiger charge is -2.14. The van der Waals surface area contributed by atoms with Crippen molar-refractivity contribution < 1.29 is 14.3 Å². The average molecular weight is 376 g/mol. The van der Waals surface area contributed by atoms with Gasteiger partial charge in [-0.25, -0.2) is 0 Å². The van der Waals surface area contributed by atoms with Crippen LogP contribution in [-0.4, -0.2) is 24.5 Å². The van der Waals surface area contributed by atoms with E-state index in [1.165, 1.54) is 0 Å². The predicted molar refractivity (Wildman–Crippen MR) is 110 cm³/mol. The van der Waals surface area contributed by atoms with Crippen LogP contribution in [0.15, 0.2) is 66.7 Å². The van der Waals surface area contributed by atoms with E-state index in [2.05, 4.69) is 10.6 Å². The molecule has 0 radical (unpaired) electrons. The molecular formula is C23H24N2O3.